The average Bonchev–Trinajstić information content (AvgIpc) is 3.02. The standard InChI is InChI=1S/C23H29N5O/c1-18-23(19(2)28(26-18)21-11-7-4-8-12-21)25-22(29)17-27(16-14-24)15-13-20-9-5-3-6-10-20/h3-12H,13-17,24H2,1-2H3,(H,25,29). The smallest absolute Gasteiger partial charge is 0.238 e. The molecule has 0 saturated carbocycles. The Kier molecular flexibility index (Phi) is 7.16. The molecule has 6 heteroatoms. The zero-order valence-electron chi connectivity index (χ0n) is 17.1. The molecule has 1 heterocycles. The van der Waals surface area contributed by atoms with Gasteiger partial charge in [0.2, 0.25) is 5.91 Å². The summed E-state index contributed by atoms with van der Waals surface area (Å²) in [6.07, 6.45) is 0.887. The topological polar surface area (TPSA) is 76.2 Å². The molecule has 3 rings (SSSR count). The maximum atomic E-state index is 12.7. The van der Waals surface area contributed by atoms with Gasteiger partial charge in [-0.3, -0.25) is 9.69 Å². The molecule has 29 heavy (non-hydrogen) atoms. The van der Waals surface area contributed by atoms with Gasteiger partial charge in [0.25, 0.3) is 0 Å². The van der Waals surface area contributed by atoms with Crippen LogP contribution in [-0.2, 0) is 11.2 Å². The number of hydrogen-bond donors (Lipinski definition) is 2. The normalized spacial score (nSPS) is 11.0. The van der Waals surface area contributed by atoms with Crippen LogP contribution in [0, 0.1) is 13.8 Å². The first-order valence-electron chi connectivity index (χ1n) is 9.96. The summed E-state index contributed by atoms with van der Waals surface area (Å²) in [7, 11) is 0. The van der Waals surface area contributed by atoms with Crippen LogP contribution in [0.4, 0.5) is 5.69 Å². The molecule has 3 aromatic rings. The molecule has 1 aromatic heterocycles. The Hall–Kier alpha value is -2.96. The number of amides is 1. The molecule has 0 atom stereocenters. The van der Waals surface area contributed by atoms with Crippen molar-refractivity contribution in [2.75, 3.05) is 31.5 Å². The molecule has 0 bridgehead atoms. The SMILES string of the molecule is Cc1nn(-c2ccccc2)c(C)c1NC(=O)CN(CCN)CCc1ccccc1. The number of nitrogens with zero attached hydrogens (tertiary/aromatic N) is 3. The zero-order valence-corrected chi connectivity index (χ0v) is 17.1. The molecule has 3 N–H and O–H groups in total. The van der Waals surface area contributed by atoms with E-state index in [9.17, 15) is 4.79 Å². The van der Waals surface area contributed by atoms with Gasteiger partial charge in [-0.1, -0.05) is 48.5 Å². The van der Waals surface area contributed by atoms with Crippen molar-refractivity contribution in [3.05, 3.63) is 77.6 Å². The van der Waals surface area contributed by atoms with Crippen molar-refractivity contribution in [1.29, 1.82) is 0 Å². The average molecular weight is 392 g/mol. The summed E-state index contributed by atoms with van der Waals surface area (Å²) in [6, 6.07) is 20.2. The van der Waals surface area contributed by atoms with Crippen molar-refractivity contribution in [2.24, 2.45) is 5.73 Å². The van der Waals surface area contributed by atoms with Gasteiger partial charge in [-0.15, -0.1) is 0 Å². The number of carbonyl (C=O) groups is 1. The maximum Gasteiger partial charge on any atom is 0.238 e. The largest absolute Gasteiger partial charge is 0.329 e. The second-order valence-electron chi connectivity index (χ2n) is 7.14. The van der Waals surface area contributed by atoms with Crippen LogP contribution < -0.4 is 11.1 Å². The first-order chi connectivity index (χ1) is 14.1. The van der Waals surface area contributed by atoms with Gasteiger partial charge >= 0.3 is 0 Å². The van der Waals surface area contributed by atoms with Gasteiger partial charge in [0, 0.05) is 19.6 Å². The third kappa shape index (κ3) is 5.53. The van der Waals surface area contributed by atoms with E-state index in [4.69, 9.17) is 5.73 Å². The molecule has 1 amide bonds. The highest BCUT2D eigenvalue weighted by molar-refractivity contribution is 5.93. The molecule has 0 fully saturated rings. The van der Waals surface area contributed by atoms with Gasteiger partial charge in [-0.2, -0.15) is 5.10 Å². The Bertz CT molecular complexity index is 921. The van der Waals surface area contributed by atoms with E-state index in [1.54, 1.807) is 0 Å². The molecule has 0 spiro atoms. The minimum atomic E-state index is -0.0506. The molecule has 0 aliphatic rings. The van der Waals surface area contributed by atoms with Gasteiger partial charge in [0.1, 0.15) is 0 Å². The minimum absolute atomic E-state index is 0.0506. The number of aromatic nitrogens is 2. The monoisotopic (exact) mass is 391 g/mol. The van der Waals surface area contributed by atoms with Gasteiger partial charge in [-0.05, 0) is 38.0 Å². The third-order valence-electron chi connectivity index (χ3n) is 4.93. The summed E-state index contributed by atoms with van der Waals surface area (Å²) in [6.45, 7) is 6.17. The molecule has 0 aliphatic carbocycles. The van der Waals surface area contributed by atoms with Crippen molar-refractivity contribution >= 4 is 11.6 Å². The summed E-state index contributed by atoms with van der Waals surface area (Å²) < 4.78 is 1.86. The highest BCUT2D eigenvalue weighted by Gasteiger charge is 2.17. The lowest BCUT2D eigenvalue weighted by Crippen LogP contribution is -2.38. The van der Waals surface area contributed by atoms with E-state index in [1.165, 1.54) is 5.56 Å². The first kappa shape index (κ1) is 20.8. The lowest BCUT2D eigenvalue weighted by molar-refractivity contribution is -0.117. The molecular formula is C23H29N5O. The van der Waals surface area contributed by atoms with E-state index in [0.717, 1.165) is 35.7 Å². The molecule has 0 saturated heterocycles. The number of hydrogen-bond acceptors (Lipinski definition) is 4. The van der Waals surface area contributed by atoms with E-state index >= 15 is 0 Å². The van der Waals surface area contributed by atoms with Crippen LogP contribution in [0.2, 0.25) is 0 Å². The summed E-state index contributed by atoms with van der Waals surface area (Å²) in [5.74, 6) is -0.0506. The molecular weight excluding hydrogens is 362 g/mol. The van der Waals surface area contributed by atoms with Gasteiger partial charge in [0.05, 0.1) is 29.3 Å². The number of rotatable bonds is 9. The van der Waals surface area contributed by atoms with E-state index in [-0.39, 0.29) is 5.91 Å². The lowest BCUT2D eigenvalue weighted by Gasteiger charge is -2.21. The third-order valence-corrected chi connectivity index (χ3v) is 4.93. The summed E-state index contributed by atoms with van der Waals surface area (Å²) >= 11 is 0. The van der Waals surface area contributed by atoms with Crippen LogP contribution in [0.5, 0.6) is 0 Å². The van der Waals surface area contributed by atoms with Gasteiger partial charge in [0.15, 0.2) is 0 Å². The maximum absolute atomic E-state index is 12.7. The molecule has 2 aromatic carbocycles. The van der Waals surface area contributed by atoms with Gasteiger partial charge < -0.3 is 11.1 Å². The van der Waals surface area contributed by atoms with Crippen LogP contribution in [0.25, 0.3) is 5.69 Å². The van der Waals surface area contributed by atoms with Crippen molar-refractivity contribution in [3.63, 3.8) is 0 Å². The van der Waals surface area contributed by atoms with Crippen LogP contribution in [0.1, 0.15) is 17.0 Å². The Morgan fingerprint density at radius 2 is 1.69 bits per heavy atom. The number of anilines is 1. The Morgan fingerprint density at radius 3 is 2.34 bits per heavy atom. The number of para-hydroxylation sites is 1. The van der Waals surface area contributed by atoms with E-state index in [0.29, 0.717) is 19.6 Å². The van der Waals surface area contributed by atoms with Crippen molar-refractivity contribution < 1.29 is 4.79 Å². The Morgan fingerprint density at radius 1 is 1.03 bits per heavy atom. The number of benzene rings is 2. The van der Waals surface area contributed by atoms with E-state index < -0.39 is 0 Å². The summed E-state index contributed by atoms with van der Waals surface area (Å²) in [5.41, 5.74) is 10.5. The number of aryl methyl sites for hydroxylation is 1. The molecule has 6 nitrogen and oxygen atoms in total. The Labute approximate surface area is 172 Å². The number of nitrogens with two attached hydrogens (primary N) is 1. The van der Waals surface area contributed by atoms with Crippen molar-refractivity contribution in [2.45, 2.75) is 20.3 Å². The minimum Gasteiger partial charge on any atom is -0.329 e. The van der Waals surface area contributed by atoms with Crippen LogP contribution in [-0.4, -0.2) is 46.8 Å². The molecule has 152 valence electrons. The van der Waals surface area contributed by atoms with Crippen molar-refractivity contribution in [1.82, 2.24) is 14.7 Å². The van der Waals surface area contributed by atoms with E-state index in [2.05, 4.69) is 27.4 Å². The van der Waals surface area contributed by atoms with Crippen molar-refractivity contribution in [3.8, 4) is 5.69 Å². The molecule has 0 aliphatic heterocycles. The first-order valence-corrected chi connectivity index (χ1v) is 9.96. The number of carbonyl (C=O) groups excluding carboxylic acids is 1. The summed E-state index contributed by atoms with van der Waals surface area (Å²) in [4.78, 5) is 14.8. The predicted molar refractivity (Wildman–Crippen MR) is 117 cm³/mol. The highest BCUT2D eigenvalue weighted by atomic mass is 16.2. The van der Waals surface area contributed by atoms with E-state index in [1.807, 2.05) is 67.1 Å². The second kappa shape index (κ2) is 10.0. The van der Waals surface area contributed by atoms with Crippen LogP contribution in [0.15, 0.2) is 60.7 Å². The highest BCUT2D eigenvalue weighted by Crippen LogP contribution is 2.22. The molecule has 0 radical (unpaired) electrons. The molecule has 0 unspecified atom stereocenters. The zero-order chi connectivity index (χ0) is 20.6. The predicted octanol–water partition coefficient (Wildman–Crippen LogP) is 2.93. The number of nitrogens with one attached hydrogen (secondary N) is 1. The van der Waals surface area contributed by atoms with Gasteiger partial charge in [-0.25, -0.2) is 4.68 Å². The Balaban J connectivity index is 1.65. The van der Waals surface area contributed by atoms with Crippen LogP contribution in [0.3, 0.4) is 0 Å². The fraction of sp³-hybridized carbons (Fsp3) is 0.304. The second-order valence-corrected chi connectivity index (χ2v) is 7.14. The lowest BCUT2D eigenvalue weighted by atomic mass is 10.1. The fourth-order valence-electron chi connectivity index (χ4n) is 3.41. The fourth-order valence-corrected chi connectivity index (χ4v) is 3.41. The quantitative estimate of drug-likeness (QED) is 0.588. The summed E-state index contributed by atoms with van der Waals surface area (Å²) in [5, 5.41) is 7.64. The van der Waals surface area contributed by atoms with Crippen LogP contribution >= 0.6 is 0 Å².